The van der Waals surface area contributed by atoms with Gasteiger partial charge in [0, 0.05) is 35.7 Å². The van der Waals surface area contributed by atoms with Crippen molar-refractivity contribution >= 4 is 23.4 Å². The summed E-state index contributed by atoms with van der Waals surface area (Å²) < 4.78 is 29.1. The minimum Gasteiger partial charge on any atom is -0.434 e. The van der Waals surface area contributed by atoms with Crippen LogP contribution < -0.4 is 15.4 Å². The molecule has 0 aliphatic rings. The highest BCUT2D eigenvalue weighted by atomic mass is 35.5. The maximum Gasteiger partial charge on any atom is 0.387 e. The normalized spacial score (nSPS) is 10.5. The lowest BCUT2D eigenvalue weighted by molar-refractivity contribution is -0.121. The summed E-state index contributed by atoms with van der Waals surface area (Å²) in [5, 5.41) is 5.91. The molecule has 0 aromatic heterocycles. The summed E-state index contributed by atoms with van der Waals surface area (Å²) >= 11 is 5.77. The molecule has 144 valence electrons. The standard InChI is InChI=1S/C19H19ClF2N2O3/c20-15-9-7-13(8-10-15)18(26)23-11-3-6-17(25)24-12-14-4-1-2-5-16(14)27-19(21)22/h1-2,4-5,7-10,19H,3,6,11-12H2,(H,23,26)(H,24,25). The molecule has 0 aliphatic heterocycles. The second-order valence-corrected chi connectivity index (χ2v) is 6.07. The van der Waals surface area contributed by atoms with Gasteiger partial charge < -0.3 is 15.4 Å². The van der Waals surface area contributed by atoms with Crippen LogP contribution in [0.25, 0.3) is 0 Å². The third-order valence-electron chi connectivity index (χ3n) is 3.64. The quantitative estimate of drug-likeness (QED) is 0.634. The first-order valence-electron chi connectivity index (χ1n) is 8.29. The Kier molecular flexibility index (Phi) is 8.00. The van der Waals surface area contributed by atoms with Crippen molar-refractivity contribution in [2.75, 3.05) is 6.54 Å². The van der Waals surface area contributed by atoms with Crippen molar-refractivity contribution in [3.05, 3.63) is 64.7 Å². The van der Waals surface area contributed by atoms with Crippen LogP contribution >= 0.6 is 11.6 Å². The maximum atomic E-state index is 12.4. The van der Waals surface area contributed by atoms with E-state index in [-0.39, 0.29) is 30.5 Å². The van der Waals surface area contributed by atoms with E-state index in [9.17, 15) is 18.4 Å². The van der Waals surface area contributed by atoms with Crippen molar-refractivity contribution in [2.24, 2.45) is 0 Å². The van der Waals surface area contributed by atoms with Crippen LogP contribution in [0.15, 0.2) is 48.5 Å². The lowest BCUT2D eigenvalue weighted by Gasteiger charge is -2.11. The van der Waals surface area contributed by atoms with Crippen LogP contribution in [0.2, 0.25) is 5.02 Å². The number of ether oxygens (including phenoxy) is 1. The summed E-state index contributed by atoms with van der Waals surface area (Å²) in [6.45, 7) is -2.51. The van der Waals surface area contributed by atoms with Crippen LogP contribution in [0.5, 0.6) is 5.75 Å². The van der Waals surface area contributed by atoms with E-state index in [1.165, 1.54) is 6.07 Å². The van der Waals surface area contributed by atoms with Gasteiger partial charge in [0.05, 0.1) is 0 Å². The Balaban J connectivity index is 1.69. The Morgan fingerprint density at radius 3 is 2.44 bits per heavy atom. The summed E-state index contributed by atoms with van der Waals surface area (Å²) in [6.07, 6.45) is 0.638. The van der Waals surface area contributed by atoms with Crippen LogP contribution in [-0.4, -0.2) is 25.0 Å². The molecule has 2 aromatic rings. The van der Waals surface area contributed by atoms with Crippen LogP contribution in [-0.2, 0) is 11.3 Å². The molecule has 2 rings (SSSR count). The predicted octanol–water partition coefficient (Wildman–Crippen LogP) is 3.77. The van der Waals surface area contributed by atoms with Gasteiger partial charge in [0.25, 0.3) is 5.91 Å². The third-order valence-corrected chi connectivity index (χ3v) is 3.89. The van der Waals surface area contributed by atoms with Gasteiger partial charge in [0.1, 0.15) is 5.75 Å². The molecule has 0 aliphatic carbocycles. The number of rotatable bonds is 9. The zero-order valence-electron chi connectivity index (χ0n) is 14.4. The Bertz CT molecular complexity index is 770. The molecule has 2 amide bonds. The number of amides is 2. The van der Waals surface area contributed by atoms with E-state index in [1.807, 2.05) is 0 Å². The number of hydrogen-bond donors (Lipinski definition) is 2. The number of carbonyl (C=O) groups is 2. The number of halogens is 3. The Morgan fingerprint density at radius 2 is 1.74 bits per heavy atom. The van der Waals surface area contributed by atoms with E-state index in [2.05, 4.69) is 15.4 Å². The fourth-order valence-corrected chi connectivity index (χ4v) is 2.42. The zero-order valence-corrected chi connectivity index (χ0v) is 15.1. The van der Waals surface area contributed by atoms with Gasteiger partial charge >= 0.3 is 6.61 Å². The second-order valence-electron chi connectivity index (χ2n) is 5.63. The van der Waals surface area contributed by atoms with Crippen LogP contribution in [0.1, 0.15) is 28.8 Å². The minimum atomic E-state index is -2.92. The molecule has 0 radical (unpaired) electrons. The molecule has 0 spiro atoms. The average molecular weight is 397 g/mol. The highest BCUT2D eigenvalue weighted by molar-refractivity contribution is 6.30. The first-order chi connectivity index (χ1) is 13.0. The summed E-state index contributed by atoms with van der Waals surface area (Å²) in [7, 11) is 0. The van der Waals surface area contributed by atoms with Crippen LogP contribution in [0.4, 0.5) is 8.78 Å². The first-order valence-corrected chi connectivity index (χ1v) is 8.66. The number of nitrogens with one attached hydrogen (secondary N) is 2. The Morgan fingerprint density at radius 1 is 1.04 bits per heavy atom. The third kappa shape index (κ3) is 7.22. The summed E-state index contributed by atoms with van der Waals surface area (Å²) in [5.74, 6) is -0.462. The Hall–Kier alpha value is -2.67. The summed E-state index contributed by atoms with van der Waals surface area (Å²) in [4.78, 5) is 23.8. The molecular formula is C19H19ClF2N2O3. The molecule has 8 heteroatoms. The van der Waals surface area contributed by atoms with Crippen molar-refractivity contribution in [3.8, 4) is 5.75 Å². The highest BCUT2D eigenvalue weighted by Gasteiger charge is 2.10. The van der Waals surface area contributed by atoms with Crippen molar-refractivity contribution in [1.82, 2.24) is 10.6 Å². The number of benzene rings is 2. The van der Waals surface area contributed by atoms with E-state index in [0.29, 0.717) is 29.1 Å². The van der Waals surface area contributed by atoms with Gasteiger partial charge in [-0.15, -0.1) is 0 Å². The molecular weight excluding hydrogens is 378 g/mol. The van der Waals surface area contributed by atoms with Gasteiger partial charge in [0.2, 0.25) is 5.91 Å². The number of alkyl halides is 2. The molecule has 0 saturated heterocycles. The predicted molar refractivity (Wildman–Crippen MR) is 97.9 cm³/mol. The summed E-state index contributed by atoms with van der Waals surface area (Å²) in [6, 6.07) is 12.7. The fourth-order valence-electron chi connectivity index (χ4n) is 2.30. The van der Waals surface area contributed by atoms with Gasteiger partial charge in [-0.25, -0.2) is 0 Å². The van der Waals surface area contributed by atoms with E-state index in [1.54, 1.807) is 42.5 Å². The van der Waals surface area contributed by atoms with Gasteiger partial charge in [-0.3, -0.25) is 9.59 Å². The van der Waals surface area contributed by atoms with E-state index < -0.39 is 6.61 Å². The largest absolute Gasteiger partial charge is 0.434 e. The SMILES string of the molecule is O=C(CCCNC(=O)c1ccc(Cl)cc1)NCc1ccccc1OC(F)F. The molecule has 27 heavy (non-hydrogen) atoms. The molecule has 0 atom stereocenters. The molecule has 2 N–H and O–H groups in total. The van der Waals surface area contributed by atoms with E-state index >= 15 is 0 Å². The zero-order chi connectivity index (χ0) is 19.6. The molecule has 0 unspecified atom stereocenters. The number of hydrogen-bond acceptors (Lipinski definition) is 3. The van der Waals surface area contributed by atoms with Crippen molar-refractivity contribution in [3.63, 3.8) is 0 Å². The monoisotopic (exact) mass is 396 g/mol. The van der Waals surface area contributed by atoms with Crippen molar-refractivity contribution in [1.29, 1.82) is 0 Å². The second kappa shape index (κ2) is 10.5. The fraction of sp³-hybridized carbons (Fsp3) is 0.263. The molecule has 0 saturated carbocycles. The molecule has 0 bridgehead atoms. The minimum absolute atomic E-state index is 0.0306. The smallest absolute Gasteiger partial charge is 0.387 e. The summed E-state index contributed by atoms with van der Waals surface area (Å²) in [5.41, 5.74) is 0.946. The lowest BCUT2D eigenvalue weighted by atomic mass is 10.2. The van der Waals surface area contributed by atoms with Gasteiger partial charge in [0.15, 0.2) is 0 Å². The van der Waals surface area contributed by atoms with E-state index in [4.69, 9.17) is 11.6 Å². The molecule has 5 nitrogen and oxygen atoms in total. The number of para-hydroxylation sites is 1. The van der Waals surface area contributed by atoms with E-state index in [0.717, 1.165) is 0 Å². The highest BCUT2D eigenvalue weighted by Crippen LogP contribution is 2.20. The molecule has 0 heterocycles. The average Bonchev–Trinajstić information content (AvgIpc) is 2.64. The molecule has 0 fully saturated rings. The lowest BCUT2D eigenvalue weighted by Crippen LogP contribution is -2.27. The maximum absolute atomic E-state index is 12.4. The van der Waals surface area contributed by atoms with Crippen LogP contribution in [0.3, 0.4) is 0 Å². The first kappa shape index (κ1) is 20.6. The van der Waals surface area contributed by atoms with Crippen molar-refractivity contribution < 1.29 is 23.1 Å². The van der Waals surface area contributed by atoms with Crippen molar-refractivity contribution in [2.45, 2.75) is 26.0 Å². The Labute approximate surface area is 160 Å². The van der Waals surface area contributed by atoms with Gasteiger partial charge in [-0.1, -0.05) is 29.8 Å². The van der Waals surface area contributed by atoms with Gasteiger partial charge in [-0.2, -0.15) is 8.78 Å². The topological polar surface area (TPSA) is 67.4 Å². The van der Waals surface area contributed by atoms with Gasteiger partial charge in [-0.05, 0) is 36.8 Å². The van der Waals surface area contributed by atoms with Crippen LogP contribution in [0, 0.1) is 0 Å². The number of carbonyl (C=O) groups excluding carboxylic acids is 2. The molecule has 2 aromatic carbocycles.